The van der Waals surface area contributed by atoms with Crippen LogP contribution >= 0.6 is 0 Å². The van der Waals surface area contributed by atoms with Gasteiger partial charge in [0, 0.05) is 6.20 Å². The third-order valence-electron chi connectivity index (χ3n) is 3.79. The fourth-order valence-corrected chi connectivity index (χ4v) is 2.54. The average Bonchev–Trinajstić information content (AvgIpc) is 2.39. The van der Waals surface area contributed by atoms with Crippen molar-refractivity contribution in [2.45, 2.75) is 38.6 Å². The molecule has 98 valence electrons. The normalized spacial score (nSPS) is 17.7. The maximum atomic E-state index is 12.6. The van der Waals surface area contributed by atoms with Crippen molar-refractivity contribution >= 4 is 11.6 Å². The second kappa shape index (κ2) is 5.06. The molecule has 0 radical (unpaired) electrons. The number of nitrogen functional groups attached to an aromatic ring is 1. The quantitative estimate of drug-likeness (QED) is 0.831. The average molecular weight is 247 g/mol. The zero-order chi connectivity index (χ0) is 13.2. The van der Waals surface area contributed by atoms with Crippen LogP contribution in [0.5, 0.6) is 0 Å². The Morgan fingerprint density at radius 2 is 2.00 bits per heavy atom. The second-order valence-corrected chi connectivity index (χ2v) is 5.37. The van der Waals surface area contributed by atoms with Crippen molar-refractivity contribution in [3.63, 3.8) is 0 Å². The summed E-state index contributed by atoms with van der Waals surface area (Å²) in [5.41, 5.74) is 5.83. The molecular weight excluding hydrogens is 226 g/mol. The monoisotopic (exact) mass is 247 g/mol. The Morgan fingerprint density at radius 3 is 2.61 bits per heavy atom. The van der Waals surface area contributed by atoms with E-state index in [1.807, 2.05) is 13.8 Å². The minimum atomic E-state index is -0.502. The van der Waals surface area contributed by atoms with Gasteiger partial charge in [0.1, 0.15) is 5.82 Å². The highest BCUT2D eigenvalue weighted by Crippen LogP contribution is 2.25. The Labute approximate surface area is 108 Å². The molecule has 1 saturated heterocycles. The van der Waals surface area contributed by atoms with Crippen molar-refractivity contribution in [3.05, 3.63) is 23.9 Å². The van der Waals surface area contributed by atoms with E-state index < -0.39 is 5.54 Å². The first-order chi connectivity index (χ1) is 8.53. The topological polar surface area (TPSA) is 59.2 Å². The van der Waals surface area contributed by atoms with Gasteiger partial charge < -0.3 is 5.73 Å². The van der Waals surface area contributed by atoms with E-state index >= 15 is 0 Å². The molecular formula is C14H21N3O. The molecule has 0 saturated carbocycles. The first-order valence-electron chi connectivity index (χ1n) is 6.54. The molecule has 2 rings (SSSR count). The Hall–Kier alpha value is -1.42. The number of likely N-dealkylation sites (tertiary alicyclic amines) is 1. The van der Waals surface area contributed by atoms with E-state index in [1.54, 1.807) is 18.3 Å². The lowest BCUT2D eigenvalue weighted by Gasteiger charge is -2.39. The maximum absolute atomic E-state index is 12.6. The Kier molecular flexibility index (Phi) is 3.66. The molecule has 0 amide bonds. The number of ketones is 1. The molecule has 18 heavy (non-hydrogen) atoms. The number of nitrogens with two attached hydrogens (primary N) is 1. The lowest BCUT2D eigenvalue weighted by Crippen LogP contribution is -2.52. The summed E-state index contributed by atoms with van der Waals surface area (Å²) >= 11 is 0. The van der Waals surface area contributed by atoms with Gasteiger partial charge in [0.15, 0.2) is 5.78 Å². The molecule has 0 atom stereocenters. The molecule has 1 aliphatic rings. The molecule has 0 spiro atoms. The van der Waals surface area contributed by atoms with Crippen LogP contribution in [-0.4, -0.2) is 34.3 Å². The van der Waals surface area contributed by atoms with Gasteiger partial charge in [0.2, 0.25) is 0 Å². The number of anilines is 1. The van der Waals surface area contributed by atoms with Crippen molar-refractivity contribution < 1.29 is 4.79 Å². The summed E-state index contributed by atoms with van der Waals surface area (Å²) in [6, 6.07) is 3.52. The lowest BCUT2D eigenvalue weighted by atomic mass is 9.89. The Bertz CT molecular complexity index is 436. The largest absolute Gasteiger partial charge is 0.383 e. The first kappa shape index (κ1) is 13.0. The smallest absolute Gasteiger partial charge is 0.186 e. The number of carbonyl (C=O) groups excluding carboxylic acids is 1. The van der Waals surface area contributed by atoms with Gasteiger partial charge in [-0.15, -0.1) is 0 Å². The molecule has 2 N–H and O–H groups in total. The second-order valence-electron chi connectivity index (χ2n) is 5.37. The van der Waals surface area contributed by atoms with Gasteiger partial charge in [-0.1, -0.05) is 6.42 Å². The number of rotatable bonds is 3. The van der Waals surface area contributed by atoms with E-state index in [2.05, 4.69) is 9.88 Å². The number of nitrogens with zero attached hydrogens (tertiary/aromatic N) is 2. The van der Waals surface area contributed by atoms with Gasteiger partial charge in [-0.05, 0) is 51.9 Å². The Balaban J connectivity index is 2.24. The minimum absolute atomic E-state index is 0.0648. The molecule has 1 aromatic heterocycles. The molecule has 1 aromatic rings. The van der Waals surface area contributed by atoms with Gasteiger partial charge >= 0.3 is 0 Å². The molecule has 4 nitrogen and oxygen atoms in total. The highest BCUT2D eigenvalue weighted by Gasteiger charge is 2.36. The van der Waals surface area contributed by atoms with E-state index in [0.29, 0.717) is 11.4 Å². The van der Waals surface area contributed by atoms with E-state index in [-0.39, 0.29) is 5.78 Å². The molecule has 2 heterocycles. The predicted molar refractivity (Wildman–Crippen MR) is 72.5 cm³/mol. The number of pyridine rings is 1. The lowest BCUT2D eigenvalue weighted by molar-refractivity contribution is 0.0580. The highest BCUT2D eigenvalue weighted by atomic mass is 16.1. The van der Waals surface area contributed by atoms with Crippen LogP contribution in [0.15, 0.2) is 18.3 Å². The standard InChI is InChI=1S/C14H21N3O/c1-14(2,17-9-4-3-5-10-17)12(18)11-7-6-8-16-13(11)15/h6-8H,3-5,9-10H2,1-2H3,(H2,15,16). The van der Waals surface area contributed by atoms with Crippen LogP contribution in [0.3, 0.4) is 0 Å². The van der Waals surface area contributed by atoms with Gasteiger partial charge in [-0.2, -0.15) is 0 Å². The molecule has 4 heteroatoms. The number of hydrogen-bond acceptors (Lipinski definition) is 4. The number of aromatic nitrogens is 1. The molecule has 0 unspecified atom stereocenters. The molecule has 0 bridgehead atoms. The highest BCUT2D eigenvalue weighted by molar-refractivity contribution is 6.05. The summed E-state index contributed by atoms with van der Waals surface area (Å²) in [6.45, 7) is 5.93. The van der Waals surface area contributed by atoms with Gasteiger partial charge in [-0.3, -0.25) is 9.69 Å². The van der Waals surface area contributed by atoms with Crippen LogP contribution in [0.2, 0.25) is 0 Å². The number of carbonyl (C=O) groups is 1. The third kappa shape index (κ3) is 2.38. The summed E-state index contributed by atoms with van der Waals surface area (Å²) in [4.78, 5) is 18.9. The SMILES string of the molecule is CC(C)(C(=O)c1cccnc1N)N1CCCCC1. The number of piperidine rings is 1. The Morgan fingerprint density at radius 1 is 1.33 bits per heavy atom. The fraction of sp³-hybridized carbons (Fsp3) is 0.571. The zero-order valence-corrected chi connectivity index (χ0v) is 11.1. The predicted octanol–water partition coefficient (Wildman–Crippen LogP) is 2.11. The maximum Gasteiger partial charge on any atom is 0.186 e. The minimum Gasteiger partial charge on any atom is -0.383 e. The number of hydrogen-bond donors (Lipinski definition) is 1. The van der Waals surface area contributed by atoms with Crippen LogP contribution < -0.4 is 5.73 Å². The summed E-state index contributed by atoms with van der Waals surface area (Å²) in [7, 11) is 0. The molecule has 1 aliphatic heterocycles. The first-order valence-corrected chi connectivity index (χ1v) is 6.54. The van der Waals surface area contributed by atoms with Crippen LogP contribution in [0.25, 0.3) is 0 Å². The van der Waals surface area contributed by atoms with E-state index in [1.165, 1.54) is 19.3 Å². The van der Waals surface area contributed by atoms with Gasteiger partial charge in [0.25, 0.3) is 0 Å². The number of Topliss-reactive ketones (excluding diaryl/α,β-unsaturated/α-hetero) is 1. The molecule has 0 aromatic carbocycles. The van der Waals surface area contributed by atoms with Crippen LogP contribution in [0.1, 0.15) is 43.5 Å². The van der Waals surface area contributed by atoms with Gasteiger partial charge in [0.05, 0.1) is 11.1 Å². The summed E-state index contributed by atoms with van der Waals surface area (Å²) in [6.07, 6.45) is 5.20. The summed E-state index contributed by atoms with van der Waals surface area (Å²) < 4.78 is 0. The zero-order valence-electron chi connectivity index (χ0n) is 11.1. The molecule has 0 aliphatic carbocycles. The van der Waals surface area contributed by atoms with Crippen molar-refractivity contribution in [1.29, 1.82) is 0 Å². The third-order valence-corrected chi connectivity index (χ3v) is 3.79. The van der Waals surface area contributed by atoms with Crippen molar-refractivity contribution in [3.8, 4) is 0 Å². The van der Waals surface area contributed by atoms with Crippen molar-refractivity contribution in [1.82, 2.24) is 9.88 Å². The van der Waals surface area contributed by atoms with Gasteiger partial charge in [-0.25, -0.2) is 4.98 Å². The van der Waals surface area contributed by atoms with Crippen molar-refractivity contribution in [2.75, 3.05) is 18.8 Å². The van der Waals surface area contributed by atoms with E-state index in [4.69, 9.17) is 5.73 Å². The van der Waals surface area contributed by atoms with Crippen molar-refractivity contribution in [2.24, 2.45) is 0 Å². The van der Waals surface area contributed by atoms with E-state index in [9.17, 15) is 4.79 Å². The van der Waals surface area contributed by atoms with Crippen LogP contribution in [0.4, 0.5) is 5.82 Å². The summed E-state index contributed by atoms with van der Waals surface area (Å²) in [5.74, 6) is 0.391. The fourth-order valence-electron chi connectivity index (χ4n) is 2.54. The molecule has 1 fully saturated rings. The summed E-state index contributed by atoms with van der Waals surface area (Å²) in [5, 5.41) is 0. The van der Waals surface area contributed by atoms with Crippen LogP contribution in [-0.2, 0) is 0 Å². The van der Waals surface area contributed by atoms with Crippen LogP contribution in [0, 0.1) is 0 Å². The van der Waals surface area contributed by atoms with E-state index in [0.717, 1.165) is 13.1 Å².